The van der Waals surface area contributed by atoms with Crippen LogP contribution in [0.3, 0.4) is 0 Å². The number of aromatic nitrogens is 2. The van der Waals surface area contributed by atoms with Gasteiger partial charge >= 0.3 is 12.0 Å². The molecule has 1 aromatic rings. The SMILES string of the molecule is CC(N)c1noc(CNC(=O)NC(C(=O)O)C(C)O)n1. The highest BCUT2D eigenvalue weighted by molar-refractivity contribution is 5.82. The van der Waals surface area contributed by atoms with Gasteiger partial charge in [0.1, 0.15) is 0 Å². The molecule has 0 aliphatic carbocycles. The second kappa shape index (κ2) is 6.82. The number of carbonyl (C=O) groups excluding carboxylic acids is 1. The standard InChI is InChI=1S/C10H17N5O5/c1-4(11)8-13-6(20-15-8)3-12-10(19)14-7(5(2)16)9(17)18/h4-5,7,16H,3,11H2,1-2H3,(H,17,18)(H2,12,14,19). The summed E-state index contributed by atoms with van der Waals surface area (Å²) < 4.78 is 4.83. The first-order valence-electron chi connectivity index (χ1n) is 5.84. The van der Waals surface area contributed by atoms with Gasteiger partial charge in [-0.3, -0.25) is 0 Å². The lowest BCUT2D eigenvalue weighted by atomic mass is 10.2. The van der Waals surface area contributed by atoms with Crippen molar-refractivity contribution in [2.75, 3.05) is 0 Å². The lowest BCUT2D eigenvalue weighted by Crippen LogP contribution is -2.51. The zero-order valence-corrected chi connectivity index (χ0v) is 11.0. The number of rotatable bonds is 6. The number of aliphatic hydroxyl groups is 1. The summed E-state index contributed by atoms with van der Waals surface area (Å²) in [5.41, 5.74) is 5.54. The van der Waals surface area contributed by atoms with Gasteiger partial charge in [-0.05, 0) is 13.8 Å². The Morgan fingerprint density at radius 3 is 2.55 bits per heavy atom. The van der Waals surface area contributed by atoms with Gasteiger partial charge in [-0.15, -0.1) is 0 Å². The van der Waals surface area contributed by atoms with Gasteiger partial charge in [0, 0.05) is 0 Å². The Bertz CT molecular complexity index is 472. The third kappa shape index (κ3) is 4.48. The van der Waals surface area contributed by atoms with Crippen LogP contribution in [0.5, 0.6) is 0 Å². The molecular weight excluding hydrogens is 270 g/mol. The van der Waals surface area contributed by atoms with Crippen LogP contribution in [-0.2, 0) is 11.3 Å². The number of hydrogen-bond acceptors (Lipinski definition) is 7. The molecule has 0 aliphatic heterocycles. The Kier molecular flexibility index (Phi) is 5.41. The summed E-state index contributed by atoms with van der Waals surface area (Å²) >= 11 is 0. The van der Waals surface area contributed by atoms with E-state index in [0.717, 1.165) is 0 Å². The van der Waals surface area contributed by atoms with Crippen molar-refractivity contribution in [3.8, 4) is 0 Å². The number of urea groups is 1. The Balaban J connectivity index is 2.48. The lowest BCUT2D eigenvalue weighted by molar-refractivity contribution is -0.141. The van der Waals surface area contributed by atoms with E-state index in [-0.39, 0.29) is 12.4 Å². The molecule has 0 aromatic carbocycles. The molecule has 3 atom stereocenters. The van der Waals surface area contributed by atoms with Crippen LogP contribution >= 0.6 is 0 Å². The molecule has 1 rings (SSSR count). The highest BCUT2D eigenvalue weighted by Crippen LogP contribution is 2.04. The first-order valence-corrected chi connectivity index (χ1v) is 5.84. The first kappa shape index (κ1) is 15.9. The monoisotopic (exact) mass is 287 g/mol. The summed E-state index contributed by atoms with van der Waals surface area (Å²) in [7, 11) is 0. The van der Waals surface area contributed by atoms with Crippen LogP contribution in [-0.4, -0.2) is 44.5 Å². The van der Waals surface area contributed by atoms with Crippen molar-refractivity contribution in [3.05, 3.63) is 11.7 Å². The number of nitrogens with zero attached hydrogens (tertiary/aromatic N) is 2. The summed E-state index contributed by atoms with van der Waals surface area (Å²) in [5, 5.41) is 26.0. The van der Waals surface area contributed by atoms with Crippen LogP contribution in [0.15, 0.2) is 4.52 Å². The molecule has 3 unspecified atom stereocenters. The van der Waals surface area contributed by atoms with Gasteiger partial charge in [-0.1, -0.05) is 5.16 Å². The molecule has 0 fully saturated rings. The number of aliphatic carboxylic acids is 1. The molecule has 112 valence electrons. The largest absolute Gasteiger partial charge is 0.480 e. The molecule has 2 amide bonds. The average molecular weight is 287 g/mol. The minimum atomic E-state index is -1.41. The number of carboxylic acid groups (broad SMARTS) is 1. The molecule has 0 saturated heterocycles. The predicted molar refractivity (Wildman–Crippen MR) is 65.4 cm³/mol. The van der Waals surface area contributed by atoms with Crippen molar-refractivity contribution >= 4 is 12.0 Å². The molecule has 20 heavy (non-hydrogen) atoms. The second-order valence-corrected chi connectivity index (χ2v) is 4.22. The zero-order chi connectivity index (χ0) is 15.3. The minimum absolute atomic E-state index is 0.0856. The fourth-order valence-corrected chi connectivity index (χ4v) is 1.26. The van der Waals surface area contributed by atoms with Crippen LogP contribution in [0.1, 0.15) is 31.6 Å². The van der Waals surface area contributed by atoms with E-state index in [0.29, 0.717) is 5.82 Å². The summed E-state index contributed by atoms with van der Waals surface area (Å²) in [4.78, 5) is 26.2. The molecule has 10 nitrogen and oxygen atoms in total. The van der Waals surface area contributed by atoms with E-state index in [1.807, 2.05) is 0 Å². The number of hydrogen-bond donors (Lipinski definition) is 5. The summed E-state index contributed by atoms with van der Waals surface area (Å²) in [5.74, 6) is -0.904. The van der Waals surface area contributed by atoms with Crippen LogP contribution in [0, 0.1) is 0 Å². The maximum Gasteiger partial charge on any atom is 0.328 e. The molecule has 0 saturated carbocycles. The van der Waals surface area contributed by atoms with Crippen molar-refractivity contribution in [3.63, 3.8) is 0 Å². The normalized spacial score (nSPS) is 15.2. The number of aliphatic hydroxyl groups excluding tert-OH is 1. The van der Waals surface area contributed by atoms with Crippen LogP contribution in [0.4, 0.5) is 4.79 Å². The van der Waals surface area contributed by atoms with E-state index < -0.39 is 30.2 Å². The van der Waals surface area contributed by atoms with Crippen molar-refractivity contribution in [1.29, 1.82) is 0 Å². The van der Waals surface area contributed by atoms with E-state index >= 15 is 0 Å². The smallest absolute Gasteiger partial charge is 0.328 e. The Labute approximate surface area is 114 Å². The molecule has 0 bridgehead atoms. The third-order valence-electron chi connectivity index (χ3n) is 2.33. The Morgan fingerprint density at radius 2 is 2.10 bits per heavy atom. The maximum absolute atomic E-state index is 11.5. The molecule has 6 N–H and O–H groups in total. The van der Waals surface area contributed by atoms with Gasteiger partial charge in [-0.25, -0.2) is 9.59 Å². The van der Waals surface area contributed by atoms with E-state index in [1.54, 1.807) is 6.92 Å². The zero-order valence-electron chi connectivity index (χ0n) is 11.0. The van der Waals surface area contributed by atoms with Gasteiger partial charge in [0.05, 0.1) is 18.7 Å². The van der Waals surface area contributed by atoms with Gasteiger partial charge in [0.2, 0.25) is 5.89 Å². The molecule has 1 heterocycles. The topological polar surface area (TPSA) is 164 Å². The fourth-order valence-electron chi connectivity index (χ4n) is 1.26. The van der Waals surface area contributed by atoms with Gasteiger partial charge in [-0.2, -0.15) is 4.98 Å². The molecule has 10 heteroatoms. The maximum atomic E-state index is 11.5. The predicted octanol–water partition coefficient (Wildman–Crippen LogP) is -1.28. The Morgan fingerprint density at radius 1 is 1.45 bits per heavy atom. The fraction of sp³-hybridized carbons (Fsp3) is 0.600. The van der Waals surface area contributed by atoms with Crippen LogP contribution in [0.25, 0.3) is 0 Å². The minimum Gasteiger partial charge on any atom is -0.480 e. The Hall–Kier alpha value is -2.20. The van der Waals surface area contributed by atoms with Crippen LogP contribution in [0.2, 0.25) is 0 Å². The first-order chi connectivity index (χ1) is 9.31. The number of nitrogens with two attached hydrogens (primary N) is 1. The van der Waals surface area contributed by atoms with E-state index in [1.165, 1.54) is 6.92 Å². The average Bonchev–Trinajstić information content (AvgIpc) is 2.81. The van der Waals surface area contributed by atoms with Gasteiger partial charge < -0.3 is 31.1 Å². The van der Waals surface area contributed by atoms with Crippen molar-refractivity contribution < 1.29 is 24.3 Å². The molecular formula is C10H17N5O5. The third-order valence-corrected chi connectivity index (χ3v) is 2.33. The molecule has 0 spiro atoms. The highest BCUT2D eigenvalue weighted by Gasteiger charge is 2.25. The van der Waals surface area contributed by atoms with Gasteiger partial charge in [0.25, 0.3) is 0 Å². The molecule has 0 radical (unpaired) electrons. The second-order valence-electron chi connectivity index (χ2n) is 4.22. The van der Waals surface area contributed by atoms with E-state index in [4.69, 9.17) is 15.4 Å². The van der Waals surface area contributed by atoms with Crippen molar-refractivity contribution in [2.45, 2.75) is 38.6 Å². The van der Waals surface area contributed by atoms with E-state index in [2.05, 4.69) is 20.8 Å². The van der Waals surface area contributed by atoms with E-state index in [9.17, 15) is 14.7 Å². The number of nitrogens with one attached hydrogen (secondary N) is 2. The highest BCUT2D eigenvalue weighted by atomic mass is 16.5. The summed E-state index contributed by atoms with van der Waals surface area (Å²) in [6.45, 7) is 2.85. The summed E-state index contributed by atoms with van der Waals surface area (Å²) in [6, 6.07) is -2.58. The van der Waals surface area contributed by atoms with Gasteiger partial charge in [0.15, 0.2) is 11.9 Å². The number of amides is 2. The molecule has 1 aromatic heterocycles. The number of carbonyl (C=O) groups is 2. The summed E-state index contributed by atoms with van der Waals surface area (Å²) in [6.07, 6.45) is -1.23. The van der Waals surface area contributed by atoms with Crippen molar-refractivity contribution in [2.24, 2.45) is 5.73 Å². The van der Waals surface area contributed by atoms with Crippen LogP contribution < -0.4 is 16.4 Å². The molecule has 0 aliphatic rings. The number of carboxylic acids is 1. The van der Waals surface area contributed by atoms with Crippen molar-refractivity contribution in [1.82, 2.24) is 20.8 Å². The quantitative estimate of drug-likeness (QED) is 0.432. The lowest BCUT2D eigenvalue weighted by Gasteiger charge is -2.16.